The summed E-state index contributed by atoms with van der Waals surface area (Å²) in [7, 11) is -3.47. The normalized spacial score (nSPS) is 19.1. The summed E-state index contributed by atoms with van der Waals surface area (Å²) in [6, 6.07) is 6.75. The Morgan fingerprint density at radius 3 is 2.37 bits per heavy atom. The average Bonchev–Trinajstić information content (AvgIpc) is 2.36. The maximum absolute atomic E-state index is 12.3. The minimum Gasteiger partial charge on any atom is -0.387 e. The molecule has 1 aromatic rings. The number of nitrogens with zero attached hydrogens (tertiary/aromatic N) is 1. The molecule has 0 amide bonds. The predicted octanol–water partition coefficient (Wildman–Crippen LogP) is 1.61. The fraction of sp³-hybridized carbons (Fsp3) is 0.538. The van der Waals surface area contributed by atoms with Crippen molar-refractivity contribution in [3.05, 3.63) is 29.8 Å². The molecular formula is C13H18ClNO3S. The summed E-state index contributed by atoms with van der Waals surface area (Å²) in [5.41, 5.74) is 0.161. The number of rotatable bonds is 5. The Labute approximate surface area is 119 Å². The molecular weight excluding hydrogens is 286 g/mol. The van der Waals surface area contributed by atoms with Crippen LogP contribution in [0.2, 0.25) is 0 Å². The lowest BCUT2D eigenvalue weighted by Gasteiger charge is -2.44. The molecule has 1 fully saturated rings. The lowest BCUT2D eigenvalue weighted by Crippen LogP contribution is -2.62. The number of sulfonamides is 1. The van der Waals surface area contributed by atoms with Crippen molar-refractivity contribution in [3.8, 4) is 0 Å². The fourth-order valence-corrected chi connectivity index (χ4v) is 3.91. The van der Waals surface area contributed by atoms with E-state index in [0.29, 0.717) is 12.3 Å². The van der Waals surface area contributed by atoms with Crippen molar-refractivity contribution < 1.29 is 13.5 Å². The largest absolute Gasteiger partial charge is 0.387 e. The first-order chi connectivity index (χ1) is 8.91. The Morgan fingerprint density at radius 1 is 1.32 bits per heavy atom. The minimum absolute atomic E-state index is 0.176. The van der Waals surface area contributed by atoms with Gasteiger partial charge in [0, 0.05) is 19.0 Å². The van der Waals surface area contributed by atoms with Gasteiger partial charge in [0.05, 0.1) is 10.5 Å². The molecule has 6 heteroatoms. The first kappa shape index (κ1) is 14.8. The molecule has 0 aliphatic carbocycles. The molecule has 19 heavy (non-hydrogen) atoms. The maximum atomic E-state index is 12.3. The van der Waals surface area contributed by atoms with E-state index in [9.17, 15) is 13.5 Å². The van der Waals surface area contributed by atoms with Crippen LogP contribution in [0.4, 0.5) is 0 Å². The van der Waals surface area contributed by atoms with E-state index >= 15 is 0 Å². The van der Waals surface area contributed by atoms with Crippen LogP contribution in [0.3, 0.4) is 0 Å². The van der Waals surface area contributed by atoms with E-state index in [-0.39, 0.29) is 18.0 Å². The highest BCUT2D eigenvalue weighted by molar-refractivity contribution is 7.89. The molecule has 0 unspecified atom stereocenters. The first-order valence-corrected chi connectivity index (χ1v) is 8.26. The second-order valence-electron chi connectivity index (χ2n) is 4.93. The summed E-state index contributed by atoms with van der Waals surface area (Å²) in [5.74, 6) is 0.516. The van der Waals surface area contributed by atoms with E-state index in [1.165, 1.54) is 4.31 Å². The van der Waals surface area contributed by atoms with Gasteiger partial charge >= 0.3 is 0 Å². The van der Waals surface area contributed by atoms with Crippen molar-refractivity contribution in [2.24, 2.45) is 0 Å². The Hall–Kier alpha value is -0.620. The quantitative estimate of drug-likeness (QED) is 0.841. The minimum atomic E-state index is -3.47. The van der Waals surface area contributed by atoms with Gasteiger partial charge in [-0.3, -0.25) is 0 Å². The maximum Gasteiger partial charge on any atom is 0.243 e. The number of alkyl halides is 1. The van der Waals surface area contributed by atoms with E-state index in [1.807, 2.05) is 6.92 Å². The number of aliphatic hydroxyl groups is 1. The van der Waals surface area contributed by atoms with Gasteiger partial charge in [-0.15, -0.1) is 11.6 Å². The summed E-state index contributed by atoms with van der Waals surface area (Å²) in [4.78, 5) is 0.268. The van der Waals surface area contributed by atoms with Crippen molar-refractivity contribution in [1.82, 2.24) is 4.31 Å². The molecule has 1 aliphatic rings. The first-order valence-electron chi connectivity index (χ1n) is 6.29. The summed E-state index contributed by atoms with van der Waals surface area (Å²) in [6.45, 7) is 2.20. The molecule has 1 aromatic carbocycles. The van der Waals surface area contributed by atoms with Gasteiger partial charge in [-0.05, 0) is 30.5 Å². The second-order valence-corrected chi connectivity index (χ2v) is 7.25. The topological polar surface area (TPSA) is 57.6 Å². The third-order valence-corrected chi connectivity index (χ3v) is 5.54. The molecule has 0 radical (unpaired) electrons. The predicted molar refractivity (Wildman–Crippen MR) is 74.9 cm³/mol. The van der Waals surface area contributed by atoms with Gasteiger partial charge in [-0.2, -0.15) is 4.31 Å². The third-order valence-electron chi connectivity index (χ3n) is 3.54. The molecule has 106 valence electrons. The molecule has 1 heterocycles. The van der Waals surface area contributed by atoms with Gasteiger partial charge in [0.15, 0.2) is 0 Å². The molecule has 1 aliphatic heterocycles. The summed E-state index contributed by atoms with van der Waals surface area (Å²) < 4.78 is 25.9. The number of hydrogen-bond donors (Lipinski definition) is 1. The van der Waals surface area contributed by atoms with Crippen molar-refractivity contribution in [2.75, 3.05) is 19.0 Å². The van der Waals surface area contributed by atoms with E-state index < -0.39 is 15.6 Å². The van der Waals surface area contributed by atoms with Gasteiger partial charge < -0.3 is 5.11 Å². The van der Waals surface area contributed by atoms with Gasteiger partial charge in [-0.25, -0.2) is 8.42 Å². The summed E-state index contributed by atoms with van der Waals surface area (Å²) in [5, 5.41) is 9.89. The van der Waals surface area contributed by atoms with E-state index in [1.54, 1.807) is 24.3 Å². The molecule has 0 aromatic heterocycles. The zero-order valence-corrected chi connectivity index (χ0v) is 12.4. The van der Waals surface area contributed by atoms with Crippen LogP contribution < -0.4 is 0 Å². The molecule has 4 nitrogen and oxygen atoms in total. The van der Waals surface area contributed by atoms with Gasteiger partial charge in [0.1, 0.15) is 0 Å². The number of hydrogen-bond acceptors (Lipinski definition) is 3. The molecule has 2 rings (SSSR count). The van der Waals surface area contributed by atoms with Gasteiger partial charge in [0.25, 0.3) is 0 Å². The van der Waals surface area contributed by atoms with Crippen LogP contribution in [-0.4, -0.2) is 42.4 Å². The highest BCUT2D eigenvalue weighted by Crippen LogP contribution is 2.30. The second kappa shape index (κ2) is 5.40. The summed E-state index contributed by atoms with van der Waals surface area (Å²) >= 11 is 5.64. The lowest BCUT2D eigenvalue weighted by atomic mass is 9.94. The van der Waals surface area contributed by atoms with Crippen LogP contribution in [0, 0.1) is 0 Å². The Morgan fingerprint density at radius 2 is 1.89 bits per heavy atom. The van der Waals surface area contributed by atoms with Crippen molar-refractivity contribution >= 4 is 21.6 Å². The van der Waals surface area contributed by atoms with Crippen LogP contribution in [0.15, 0.2) is 29.2 Å². The van der Waals surface area contributed by atoms with Crippen molar-refractivity contribution in [2.45, 2.75) is 30.3 Å². The van der Waals surface area contributed by atoms with E-state index in [0.717, 1.165) is 12.0 Å². The molecule has 1 saturated heterocycles. The zero-order valence-electron chi connectivity index (χ0n) is 10.8. The van der Waals surface area contributed by atoms with Gasteiger partial charge in [0.2, 0.25) is 10.0 Å². The molecule has 0 atom stereocenters. The van der Waals surface area contributed by atoms with Crippen LogP contribution in [0.25, 0.3) is 0 Å². The van der Waals surface area contributed by atoms with Crippen molar-refractivity contribution in [3.63, 3.8) is 0 Å². The molecule has 0 saturated carbocycles. The molecule has 0 bridgehead atoms. The third kappa shape index (κ3) is 2.94. The number of aryl methyl sites for hydroxylation is 1. The monoisotopic (exact) mass is 303 g/mol. The van der Waals surface area contributed by atoms with Crippen LogP contribution in [0.1, 0.15) is 18.9 Å². The van der Waals surface area contributed by atoms with E-state index in [4.69, 9.17) is 11.6 Å². The molecule has 1 N–H and O–H groups in total. The van der Waals surface area contributed by atoms with Gasteiger partial charge in [-0.1, -0.05) is 19.1 Å². The standard InChI is InChI=1S/C13H18ClNO3S/c1-2-13(16)9-15(10-13)19(17,18)12-5-3-11(4-6-12)7-8-14/h3-6,16H,2,7-10H2,1H3. The molecule has 0 spiro atoms. The fourth-order valence-electron chi connectivity index (χ4n) is 2.09. The summed E-state index contributed by atoms with van der Waals surface area (Å²) in [6.07, 6.45) is 1.29. The Balaban J connectivity index is 2.13. The van der Waals surface area contributed by atoms with E-state index in [2.05, 4.69) is 0 Å². The smallest absolute Gasteiger partial charge is 0.243 e. The lowest BCUT2D eigenvalue weighted by molar-refractivity contribution is -0.0613. The number of halogens is 1. The zero-order chi connectivity index (χ0) is 14.1. The van der Waals surface area contributed by atoms with Crippen molar-refractivity contribution in [1.29, 1.82) is 0 Å². The van der Waals surface area contributed by atoms with Crippen LogP contribution >= 0.6 is 11.6 Å². The van der Waals surface area contributed by atoms with Crippen LogP contribution in [0.5, 0.6) is 0 Å². The highest BCUT2D eigenvalue weighted by Gasteiger charge is 2.45. The van der Waals surface area contributed by atoms with Crippen LogP contribution in [-0.2, 0) is 16.4 Å². The number of β-amino-alcohol motifs (C(OH)–C–C–N with tert-alkyl or cyclic N) is 1. The highest BCUT2D eigenvalue weighted by atomic mass is 35.5. The Kier molecular flexibility index (Phi) is 4.20. The SMILES string of the molecule is CCC1(O)CN(S(=O)(=O)c2ccc(CCCl)cc2)C1. The Bertz CT molecular complexity index is 536. The number of benzene rings is 1. The average molecular weight is 304 g/mol.